The number of hydrogen-bond acceptors (Lipinski definition) is 6. The number of H-pyrrole nitrogens is 1. The molecule has 0 amide bonds. The number of tetrazole rings is 1. The molecule has 0 aliphatic carbocycles. The zero-order chi connectivity index (χ0) is 17.9. The number of imidazole rings is 1. The molecule has 8 nitrogen and oxygen atoms in total. The smallest absolute Gasteiger partial charge is 0.216 e. The molecule has 0 aliphatic heterocycles. The second kappa shape index (κ2) is 6.49. The maximum Gasteiger partial charge on any atom is 0.216 e. The lowest BCUT2D eigenvalue weighted by Crippen LogP contribution is -1.93. The lowest BCUT2D eigenvalue weighted by atomic mass is 10.2. The minimum absolute atomic E-state index is 0.241. The first-order chi connectivity index (χ1) is 12.8. The van der Waals surface area contributed by atoms with Gasteiger partial charge in [-0.3, -0.25) is 0 Å². The van der Waals surface area contributed by atoms with Gasteiger partial charge in [0.25, 0.3) is 0 Å². The number of allylic oxidation sites excluding steroid dienone is 1. The fourth-order valence-electron chi connectivity index (χ4n) is 2.71. The van der Waals surface area contributed by atoms with E-state index < -0.39 is 0 Å². The number of nitrogens with one attached hydrogen (secondary N) is 2. The lowest BCUT2D eigenvalue weighted by molar-refractivity contribution is 0.881. The number of aromatic nitrogens is 6. The van der Waals surface area contributed by atoms with Gasteiger partial charge in [0, 0.05) is 24.5 Å². The maximum atomic E-state index is 9.22. The summed E-state index contributed by atoms with van der Waals surface area (Å²) in [5.74, 6) is 1.14. The first-order valence-corrected chi connectivity index (χ1v) is 7.89. The number of hydrogen-bond donors (Lipinski definition) is 2. The van der Waals surface area contributed by atoms with E-state index in [1.165, 1.54) is 0 Å². The van der Waals surface area contributed by atoms with Gasteiger partial charge in [0.15, 0.2) is 0 Å². The third kappa shape index (κ3) is 2.78. The predicted molar refractivity (Wildman–Crippen MR) is 97.5 cm³/mol. The molecule has 4 rings (SSSR count). The van der Waals surface area contributed by atoms with E-state index in [9.17, 15) is 5.26 Å². The van der Waals surface area contributed by atoms with Crippen molar-refractivity contribution in [3.63, 3.8) is 0 Å². The van der Waals surface area contributed by atoms with E-state index in [4.69, 9.17) is 4.98 Å². The van der Waals surface area contributed by atoms with E-state index >= 15 is 0 Å². The van der Waals surface area contributed by atoms with Crippen molar-refractivity contribution in [3.05, 3.63) is 60.6 Å². The number of benzene rings is 2. The molecule has 126 valence electrons. The number of fused-ring (bicyclic) bond motifs is 1. The number of nitriles is 1. The molecule has 2 heterocycles. The molecule has 2 N–H and O–H groups in total. The molecule has 4 aromatic rings. The molecule has 0 saturated heterocycles. The molecular formula is C18H14N8. The molecule has 26 heavy (non-hydrogen) atoms. The van der Waals surface area contributed by atoms with Crippen LogP contribution in [0.25, 0.3) is 28.0 Å². The summed E-state index contributed by atoms with van der Waals surface area (Å²) >= 11 is 0. The molecule has 2 aromatic heterocycles. The van der Waals surface area contributed by atoms with Crippen molar-refractivity contribution in [1.82, 2.24) is 30.2 Å². The summed E-state index contributed by atoms with van der Waals surface area (Å²) in [6.45, 7) is 0. The number of aromatic amines is 1. The molecular weight excluding hydrogens is 328 g/mol. The zero-order valence-corrected chi connectivity index (χ0v) is 13.9. The van der Waals surface area contributed by atoms with Gasteiger partial charge in [-0.05, 0) is 23.4 Å². The molecule has 8 heteroatoms. The Labute approximate surface area is 148 Å². The van der Waals surface area contributed by atoms with Crippen LogP contribution in [0.3, 0.4) is 0 Å². The zero-order valence-electron chi connectivity index (χ0n) is 13.9. The number of anilines is 1. The average Bonchev–Trinajstić information content (AvgIpc) is 3.32. The van der Waals surface area contributed by atoms with Gasteiger partial charge in [0.05, 0.1) is 11.0 Å². The Morgan fingerprint density at radius 2 is 2.08 bits per heavy atom. The van der Waals surface area contributed by atoms with Crippen molar-refractivity contribution in [2.24, 2.45) is 7.05 Å². The van der Waals surface area contributed by atoms with E-state index in [1.54, 1.807) is 6.20 Å². The molecule has 0 atom stereocenters. The summed E-state index contributed by atoms with van der Waals surface area (Å²) < 4.78 is 2.06. The highest BCUT2D eigenvalue weighted by atomic mass is 15.5. The highest BCUT2D eigenvalue weighted by Crippen LogP contribution is 2.25. The molecule has 0 unspecified atom stereocenters. The summed E-state index contributed by atoms with van der Waals surface area (Å²) in [5, 5.41) is 25.7. The quantitative estimate of drug-likeness (QED) is 0.552. The Morgan fingerprint density at radius 1 is 1.23 bits per heavy atom. The van der Waals surface area contributed by atoms with Gasteiger partial charge in [0.2, 0.25) is 5.82 Å². The second-order valence-electron chi connectivity index (χ2n) is 5.61. The van der Waals surface area contributed by atoms with Crippen molar-refractivity contribution in [3.8, 4) is 17.5 Å². The van der Waals surface area contributed by atoms with Gasteiger partial charge in [-0.2, -0.15) is 10.5 Å². The van der Waals surface area contributed by atoms with Crippen LogP contribution < -0.4 is 5.32 Å². The Bertz CT molecular complexity index is 1120. The summed E-state index contributed by atoms with van der Waals surface area (Å²) in [6, 6.07) is 17.9. The largest absolute Gasteiger partial charge is 0.360 e. The number of aryl methyl sites for hydroxylation is 1. The fraction of sp³-hybridized carbons (Fsp3) is 0.0556. The van der Waals surface area contributed by atoms with E-state index in [0.29, 0.717) is 0 Å². The van der Waals surface area contributed by atoms with Crippen molar-refractivity contribution >= 4 is 22.3 Å². The molecule has 2 aromatic carbocycles. The van der Waals surface area contributed by atoms with Crippen molar-refractivity contribution in [2.45, 2.75) is 0 Å². The summed E-state index contributed by atoms with van der Waals surface area (Å²) in [6.07, 6.45) is 1.55. The monoisotopic (exact) mass is 342 g/mol. The maximum absolute atomic E-state index is 9.22. The van der Waals surface area contributed by atoms with E-state index in [-0.39, 0.29) is 11.4 Å². The van der Waals surface area contributed by atoms with Gasteiger partial charge < -0.3 is 9.88 Å². The summed E-state index contributed by atoms with van der Waals surface area (Å²) in [4.78, 5) is 4.74. The van der Waals surface area contributed by atoms with Gasteiger partial charge in [-0.1, -0.05) is 30.3 Å². The molecule has 0 spiro atoms. The SMILES string of the molecule is Cn1c(-c2ccccc2)nc2cc(NC=C(C#N)c3nn[nH]n3)ccc21. The highest BCUT2D eigenvalue weighted by molar-refractivity contribution is 5.84. The van der Waals surface area contributed by atoms with Gasteiger partial charge in [-0.15, -0.1) is 10.2 Å². The van der Waals surface area contributed by atoms with E-state index in [1.807, 2.05) is 61.6 Å². The van der Waals surface area contributed by atoms with Crippen molar-refractivity contribution < 1.29 is 0 Å². The minimum Gasteiger partial charge on any atom is -0.360 e. The van der Waals surface area contributed by atoms with Crippen LogP contribution >= 0.6 is 0 Å². The van der Waals surface area contributed by atoms with E-state index in [2.05, 4.69) is 30.5 Å². The Morgan fingerprint density at radius 3 is 2.81 bits per heavy atom. The lowest BCUT2D eigenvalue weighted by Gasteiger charge is -2.03. The first kappa shape index (κ1) is 15.5. The van der Waals surface area contributed by atoms with Crippen molar-refractivity contribution in [2.75, 3.05) is 5.32 Å². The minimum atomic E-state index is 0.241. The van der Waals surface area contributed by atoms with E-state index in [0.717, 1.165) is 28.1 Å². The third-order valence-corrected chi connectivity index (χ3v) is 4.00. The molecule has 0 fully saturated rings. The highest BCUT2D eigenvalue weighted by Gasteiger charge is 2.10. The summed E-state index contributed by atoms with van der Waals surface area (Å²) in [5.41, 5.74) is 4.04. The standard InChI is InChI=1S/C18H14N8/c1-26-16-8-7-14(20-11-13(10-19)17-22-24-25-23-17)9-15(16)21-18(26)12-5-3-2-4-6-12/h2-9,11,20H,1H3,(H,22,23,24,25). The molecule has 0 saturated carbocycles. The Balaban J connectivity index is 1.67. The van der Waals surface area contributed by atoms with Gasteiger partial charge >= 0.3 is 0 Å². The van der Waals surface area contributed by atoms with Crippen LogP contribution in [0.1, 0.15) is 5.82 Å². The predicted octanol–water partition coefficient (Wildman–Crippen LogP) is 2.73. The number of rotatable bonds is 4. The Hall–Kier alpha value is -3.99. The molecule has 0 aliphatic rings. The van der Waals surface area contributed by atoms with Crippen LogP contribution in [-0.4, -0.2) is 30.2 Å². The van der Waals surface area contributed by atoms with Gasteiger partial charge in [0.1, 0.15) is 17.5 Å². The summed E-state index contributed by atoms with van der Waals surface area (Å²) in [7, 11) is 1.99. The molecule has 0 radical (unpaired) electrons. The third-order valence-electron chi connectivity index (χ3n) is 4.00. The van der Waals surface area contributed by atoms with Crippen molar-refractivity contribution in [1.29, 1.82) is 5.26 Å². The van der Waals surface area contributed by atoms with Crippen LogP contribution in [-0.2, 0) is 7.05 Å². The molecule has 0 bridgehead atoms. The van der Waals surface area contributed by atoms with Crippen LogP contribution in [0.5, 0.6) is 0 Å². The first-order valence-electron chi connectivity index (χ1n) is 7.89. The number of nitrogens with zero attached hydrogens (tertiary/aromatic N) is 6. The van der Waals surface area contributed by atoms with Crippen LogP contribution in [0.4, 0.5) is 5.69 Å². The Kier molecular flexibility index (Phi) is 3.88. The normalized spacial score (nSPS) is 11.5. The fourth-order valence-corrected chi connectivity index (χ4v) is 2.71. The average molecular weight is 342 g/mol. The van der Waals surface area contributed by atoms with Crippen LogP contribution in [0.15, 0.2) is 54.7 Å². The topological polar surface area (TPSA) is 108 Å². The van der Waals surface area contributed by atoms with Gasteiger partial charge in [-0.25, -0.2) is 4.98 Å². The van der Waals surface area contributed by atoms with Crippen LogP contribution in [0, 0.1) is 11.3 Å². The second-order valence-corrected chi connectivity index (χ2v) is 5.61. The van der Waals surface area contributed by atoms with Crippen LogP contribution in [0.2, 0.25) is 0 Å².